The second kappa shape index (κ2) is 6.26. The summed E-state index contributed by atoms with van der Waals surface area (Å²) in [5.41, 5.74) is 0.875. The molecule has 0 spiro atoms. The molecular formula is C14H13F3N2OS. The van der Waals surface area contributed by atoms with Crippen LogP contribution in [0.25, 0.3) is 10.6 Å². The molecule has 0 aliphatic rings. The lowest BCUT2D eigenvalue weighted by molar-refractivity contribution is -0.136. The lowest BCUT2D eigenvalue weighted by atomic mass is 10.2. The Morgan fingerprint density at radius 1 is 1.29 bits per heavy atom. The van der Waals surface area contributed by atoms with Crippen molar-refractivity contribution in [1.82, 2.24) is 9.88 Å². The maximum atomic E-state index is 12.2. The van der Waals surface area contributed by atoms with E-state index >= 15 is 0 Å². The summed E-state index contributed by atoms with van der Waals surface area (Å²) in [7, 11) is 1.36. The second-order valence-corrected chi connectivity index (χ2v) is 5.52. The fourth-order valence-electron chi connectivity index (χ4n) is 1.67. The van der Waals surface area contributed by atoms with E-state index in [-0.39, 0.29) is 6.54 Å². The van der Waals surface area contributed by atoms with Crippen molar-refractivity contribution in [3.05, 3.63) is 41.4 Å². The first-order chi connectivity index (χ1) is 9.87. The number of carbonyl (C=O) groups excluding carboxylic acids is 1. The van der Waals surface area contributed by atoms with E-state index in [1.807, 2.05) is 30.3 Å². The van der Waals surface area contributed by atoms with Crippen molar-refractivity contribution in [2.75, 3.05) is 13.6 Å². The molecule has 0 fully saturated rings. The highest BCUT2D eigenvalue weighted by molar-refractivity contribution is 7.16. The molecule has 1 aromatic heterocycles. The van der Waals surface area contributed by atoms with Crippen molar-refractivity contribution in [2.24, 2.45) is 0 Å². The highest BCUT2D eigenvalue weighted by atomic mass is 32.1. The molecule has 2 aromatic rings. The highest BCUT2D eigenvalue weighted by Gasteiger charge is 2.28. The number of hydrogen-bond donors (Lipinski definition) is 0. The zero-order valence-corrected chi connectivity index (χ0v) is 12.0. The van der Waals surface area contributed by atoms with Crippen molar-refractivity contribution in [1.29, 1.82) is 0 Å². The molecule has 0 aliphatic heterocycles. The second-order valence-electron chi connectivity index (χ2n) is 4.49. The molecule has 1 amide bonds. The highest BCUT2D eigenvalue weighted by Crippen LogP contribution is 2.26. The normalized spacial score (nSPS) is 11.4. The molecule has 3 nitrogen and oxygen atoms in total. The molecule has 0 unspecified atom stereocenters. The molecule has 0 atom stereocenters. The van der Waals surface area contributed by atoms with Crippen LogP contribution in [0.5, 0.6) is 0 Å². The van der Waals surface area contributed by atoms with Gasteiger partial charge in [-0.25, -0.2) is 4.98 Å². The summed E-state index contributed by atoms with van der Waals surface area (Å²) < 4.78 is 36.5. The Balaban J connectivity index is 2.05. The Hall–Kier alpha value is -1.89. The van der Waals surface area contributed by atoms with E-state index in [1.165, 1.54) is 24.6 Å². The van der Waals surface area contributed by atoms with Gasteiger partial charge in [-0.15, -0.1) is 11.3 Å². The van der Waals surface area contributed by atoms with Crippen LogP contribution in [0.4, 0.5) is 13.2 Å². The predicted octanol–water partition coefficient (Wildman–Crippen LogP) is 3.83. The average molecular weight is 314 g/mol. The minimum absolute atomic E-state index is 0.332. The number of amides is 1. The van der Waals surface area contributed by atoms with Gasteiger partial charge in [0.05, 0.1) is 12.6 Å². The Labute approximate surface area is 124 Å². The Morgan fingerprint density at radius 3 is 2.57 bits per heavy atom. The largest absolute Gasteiger partial charge is 0.390 e. The maximum Gasteiger partial charge on any atom is 0.390 e. The standard InChI is InChI=1S/C14H13F3N2OS/c1-19(8-7-14(15,16)17)13(20)11-9-18-12(21-11)10-5-3-2-4-6-10/h2-6,9H,7-8H2,1H3. The zero-order valence-electron chi connectivity index (χ0n) is 11.2. The number of thiazole rings is 1. The monoisotopic (exact) mass is 314 g/mol. The molecule has 0 saturated carbocycles. The molecule has 2 rings (SSSR count). The van der Waals surface area contributed by atoms with Crippen molar-refractivity contribution >= 4 is 17.2 Å². The number of rotatable bonds is 4. The lowest BCUT2D eigenvalue weighted by Crippen LogP contribution is -2.30. The van der Waals surface area contributed by atoms with Crippen LogP contribution in [0.1, 0.15) is 16.1 Å². The number of aromatic nitrogens is 1. The van der Waals surface area contributed by atoms with Gasteiger partial charge in [-0.1, -0.05) is 30.3 Å². The van der Waals surface area contributed by atoms with Gasteiger partial charge in [0.2, 0.25) is 0 Å². The third-order valence-corrected chi connectivity index (χ3v) is 3.85. The third kappa shape index (κ3) is 4.29. The lowest BCUT2D eigenvalue weighted by Gasteiger charge is -2.16. The van der Waals surface area contributed by atoms with E-state index in [9.17, 15) is 18.0 Å². The number of carbonyl (C=O) groups is 1. The van der Waals surface area contributed by atoms with Gasteiger partial charge >= 0.3 is 6.18 Å². The molecule has 1 aromatic carbocycles. The van der Waals surface area contributed by atoms with Gasteiger partial charge in [0.25, 0.3) is 5.91 Å². The minimum atomic E-state index is -4.27. The molecule has 0 aliphatic carbocycles. The van der Waals surface area contributed by atoms with Crippen LogP contribution in [0, 0.1) is 0 Å². The Kier molecular flexibility index (Phi) is 4.62. The summed E-state index contributed by atoms with van der Waals surface area (Å²) in [6.07, 6.45) is -3.88. The van der Waals surface area contributed by atoms with Gasteiger partial charge < -0.3 is 4.90 Å². The molecule has 112 valence electrons. The molecular weight excluding hydrogens is 301 g/mol. The summed E-state index contributed by atoms with van der Waals surface area (Å²) in [6, 6.07) is 9.30. The number of benzene rings is 1. The Bertz CT molecular complexity index is 610. The van der Waals surface area contributed by atoms with E-state index in [1.54, 1.807) is 0 Å². The van der Waals surface area contributed by atoms with Crippen LogP contribution >= 0.6 is 11.3 Å². The summed E-state index contributed by atoms with van der Waals surface area (Å²) in [5.74, 6) is -0.445. The number of alkyl halides is 3. The number of nitrogens with zero attached hydrogens (tertiary/aromatic N) is 2. The third-order valence-electron chi connectivity index (χ3n) is 2.81. The molecule has 0 N–H and O–H groups in total. The van der Waals surface area contributed by atoms with Crippen molar-refractivity contribution in [3.8, 4) is 10.6 Å². The quantitative estimate of drug-likeness (QED) is 0.859. The van der Waals surface area contributed by atoms with Gasteiger partial charge in [-0.05, 0) is 0 Å². The minimum Gasteiger partial charge on any atom is -0.341 e. The van der Waals surface area contributed by atoms with Crippen LogP contribution in [-0.4, -0.2) is 35.6 Å². The van der Waals surface area contributed by atoms with Crippen LogP contribution in [0.3, 0.4) is 0 Å². The SMILES string of the molecule is CN(CCC(F)(F)F)C(=O)c1cnc(-c2ccccc2)s1. The number of hydrogen-bond acceptors (Lipinski definition) is 3. The first-order valence-electron chi connectivity index (χ1n) is 6.20. The molecule has 0 saturated heterocycles. The number of halogens is 3. The fraction of sp³-hybridized carbons (Fsp3) is 0.286. The molecule has 0 radical (unpaired) electrons. The summed E-state index contributed by atoms with van der Waals surface area (Å²) >= 11 is 1.17. The topological polar surface area (TPSA) is 33.2 Å². The maximum absolute atomic E-state index is 12.2. The molecule has 21 heavy (non-hydrogen) atoms. The van der Waals surface area contributed by atoms with Gasteiger partial charge in [0.1, 0.15) is 9.88 Å². The summed E-state index contributed by atoms with van der Waals surface area (Å²) in [6.45, 7) is -0.360. The van der Waals surface area contributed by atoms with Gasteiger partial charge in [0.15, 0.2) is 0 Å². The van der Waals surface area contributed by atoms with Gasteiger partial charge in [0, 0.05) is 19.2 Å². The van der Waals surface area contributed by atoms with Crippen LogP contribution in [-0.2, 0) is 0 Å². The predicted molar refractivity (Wildman–Crippen MR) is 75.2 cm³/mol. The summed E-state index contributed by atoms with van der Waals surface area (Å²) in [5, 5.41) is 0.670. The van der Waals surface area contributed by atoms with Crippen LogP contribution < -0.4 is 0 Å². The average Bonchev–Trinajstić information content (AvgIpc) is 2.94. The Morgan fingerprint density at radius 2 is 1.95 bits per heavy atom. The molecule has 1 heterocycles. The van der Waals surface area contributed by atoms with E-state index in [2.05, 4.69) is 4.98 Å². The fourth-order valence-corrected chi connectivity index (χ4v) is 2.59. The zero-order chi connectivity index (χ0) is 15.5. The van der Waals surface area contributed by atoms with Gasteiger partial charge in [-0.3, -0.25) is 4.79 Å². The first kappa shape index (κ1) is 15.5. The van der Waals surface area contributed by atoms with Crippen molar-refractivity contribution in [2.45, 2.75) is 12.6 Å². The van der Waals surface area contributed by atoms with Crippen LogP contribution in [0.15, 0.2) is 36.5 Å². The van der Waals surface area contributed by atoms with Crippen molar-refractivity contribution in [3.63, 3.8) is 0 Å². The van der Waals surface area contributed by atoms with E-state index in [4.69, 9.17) is 0 Å². The smallest absolute Gasteiger partial charge is 0.341 e. The van der Waals surface area contributed by atoms with E-state index in [0.29, 0.717) is 9.88 Å². The van der Waals surface area contributed by atoms with E-state index in [0.717, 1.165) is 10.5 Å². The van der Waals surface area contributed by atoms with Crippen molar-refractivity contribution < 1.29 is 18.0 Å². The van der Waals surface area contributed by atoms with E-state index < -0.39 is 18.5 Å². The summed E-state index contributed by atoms with van der Waals surface area (Å²) in [4.78, 5) is 17.6. The van der Waals surface area contributed by atoms with Gasteiger partial charge in [-0.2, -0.15) is 13.2 Å². The van der Waals surface area contributed by atoms with Crippen LogP contribution in [0.2, 0.25) is 0 Å². The first-order valence-corrected chi connectivity index (χ1v) is 7.02. The molecule has 7 heteroatoms. The molecule has 0 bridgehead atoms.